The summed E-state index contributed by atoms with van der Waals surface area (Å²) in [6, 6.07) is 12.4. The minimum absolute atomic E-state index is 0.262. The molecule has 1 atom stereocenters. The third-order valence-electron chi connectivity index (χ3n) is 4.69. The molecular formula is C22H25N3O4S. The highest BCUT2D eigenvalue weighted by atomic mass is 32.1. The van der Waals surface area contributed by atoms with E-state index in [1.165, 1.54) is 0 Å². The maximum absolute atomic E-state index is 13.3. The maximum atomic E-state index is 13.3. The highest BCUT2D eigenvalue weighted by molar-refractivity contribution is 7.80. The zero-order chi connectivity index (χ0) is 21.7. The van der Waals surface area contributed by atoms with Gasteiger partial charge >= 0.3 is 0 Å². The molecule has 2 aromatic rings. The number of para-hydroxylation sites is 2. The van der Waals surface area contributed by atoms with E-state index in [4.69, 9.17) is 26.4 Å². The van der Waals surface area contributed by atoms with Crippen molar-refractivity contribution in [1.29, 1.82) is 0 Å². The zero-order valence-corrected chi connectivity index (χ0v) is 18.2. The normalized spacial score (nSPS) is 15.7. The number of ether oxygens (including phenoxy) is 3. The first-order valence-electron chi connectivity index (χ1n) is 9.51. The van der Waals surface area contributed by atoms with Crippen LogP contribution in [0.15, 0.2) is 53.7 Å². The van der Waals surface area contributed by atoms with Crippen molar-refractivity contribution < 1.29 is 19.0 Å². The molecule has 1 aliphatic rings. The van der Waals surface area contributed by atoms with Crippen LogP contribution in [0.3, 0.4) is 0 Å². The number of nitrogens with one attached hydrogen (secondary N) is 3. The Morgan fingerprint density at radius 3 is 2.53 bits per heavy atom. The molecule has 8 heteroatoms. The van der Waals surface area contributed by atoms with Gasteiger partial charge in [-0.15, -0.1) is 0 Å². The van der Waals surface area contributed by atoms with Crippen LogP contribution >= 0.6 is 12.2 Å². The first-order chi connectivity index (χ1) is 14.5. The third-order valence-corrected chi connectivity index (χ3v) is 4.91. The van der Waals surface area contributed by atoms with E-state index in [2.05, 4.69) is 16.0 Å². The van der Waals surface area contributed by atoms with E-state index in [0.717, 1.165) is 5.56 Å². The Morgan fingerprint density at radius 2 is 1.83 bits per heavy atom. The van der Waals surface area contributed by atoms with Crippen LogP contribution in [-0.4, -0.2) is 31.8 Å². The predicted molar refractivity (Wildman–Crippen MR) is 120 cm³/mol. The van der Waals surface area contributed by atoms with Gasteiger partial charge in [-0.1, -0.05) is 18.2 Å². The molecule has 0 saturated carbocycles. The maximum Gasteiger partial charge on any atom is 0.255 e. The summed E-state index contributed by atoms with van der Waals surface area (Å²) in [5, 5.41) is 9.62. The first-order valence-corrected chi connectivity index (χ1v) is 9.92. The summed E-state index contributed by atoms with van der Waals surface area (Å²) < 4.78 is 16.4. The largest absolute Gasteiger partial charge is 0.493 e. The lowest BCUT2D eigenvalue weighted by molar-refractivity contribution is -0.113. The average molecular weight is 428 g/mol. The number of rotatable bonds is 7. The Bertz CT molecular complexity index is 990. The van der Waals surface area contributed by atoms with Gasteiger partial charge in [-0.2, -0.15) is 0 Å². The fourth-order valence-corrected chi connectivity index (χ4v) is 3.59. The molecule has 1 unspecified atom stereocenters. The topological polar surface area (TPSA) is 80.9 Å². The molecule has 1 aliphatic heterocycles. The van der Waals surface area contributed by atoms with Crippen LogP contribution in [0.4, 0.5) is 5.69 Å². The molecule has 0 aromatic heterocycles. The molecule has 7 nitrogen and oxygen atoms in total. The predicted octanol–water partition coefficient (Wildman–Crippen LogP) is 3.53. The molecule has 3 N–H and O–H groups in total. The van der Waals surface area contributed by atoms with Crippen molar-refractivity contribution in [3.63, 3.8) is 0 Å². The van der Waals surface area contributed by atoms with Crippen LogP contribution in [-0.2, 0) is 4.79 Å². The molecule has 0 spiro atoms. The average Bonchev–Trinajstić information content (AvgIpc) is 2.74. The second kappa shape index (κ2) is 9.49. The Hall–Kier alpha value is -3.26. The summed E-state index contributed by atoms with van der Waals surface area (Å²) in [6.45, 7) is 4.22. The van der Waals surface area contributed by atoms with Crippen LogP contribution in [0, 0.1) is 0 Å². The van der Waals surface area contributed by atoms with Crippen molar-refractivity contribution in [2.45, 2.75) is 19.9 Å². The number of amides is 1. The second-order valence-corrected chi connectivity index (χ2v) is 6.98. The Labute approximate surface area is 181 Å². The molecule has 30 heavy (non-hydrogen) atoms. The smallest absolute Gasteiger partial charge is 0.255 e. The fraction of sp³-hybridized carbons (Fsp3) is 0.273. The van der Waals surface area contributed by atoms with E-state index in [1.54, 1.807) is 26.4 Å². The number of thiocarbonyl (C=S) groups is 1. The molecule has 1 heterocycles. The molecule has 0 radical (unpaired) electrons. The van der Waals surface area contributed by atoms with Gasteiger partial charge in [0.2, 0.25) is 0 Å². The fourth-order valence-electron chi connectivity index (χ4n) is 3.32. The molecule has 0 bridgehead atoms. The van der Waals surface area contributed by atoms with E-state index in [-0.39, 0.29) is 5.91 Å². The standard InChI is InChI=1S/C22H25N3O4S/c1-5-29-16-9-7-6-8-15(16)24-21(26)19-13(2)23-22(30)25-20(19)14-10-11-17(27-3)18(12-14)28-4/h6-12,20H,5H2,1-4H3,(H,24,26)(H2,23,25,30). The number of allylic oxidation sites excluding steroid dienone is 1. The van der Waals surface area contributed by atoms with E-state index in [0.29, 0.717) is 45.9 Å². The monoisotopic (exact) mass is 427 g/mol. The van der Waals surface area contributed by atoms with E-state index in [1.807, 2.05) is 44.2 Å². The lowest BCUT2D eigenvalue weighted by Gasteiger charge is -2.30. The van der Waals surface area contributed by atoms with Crippen LogP contribution in [0.25, 0.3) is 0 Å². The van der Waals surface area contributed by atoms with Gasteiger partial charge in [0.25, 0.3) is 5.91 Å². The number of methoxy groups -OCH3 is 2. The van der Waals surface area contributed by atoms with Crippen LogP contribution in [0.2, 0.25) is 0 Å². The van der Waals surface area contributed by atoms with E-state index in [9.17, 15) is 4.79 Å². The van der Waals surface area contributed by atoms with Gasteiger partial charge in [0.15, 0.2) is 16.6 Å². The molecule has 1 amide bonds. The van der Waals surface area contributed by atoms with Crippen molar-refractivity contribution in [3.05, 3.63) is 59.3 Å². The van der Waals surface area contributed by atoms with Crippen molar-refractivity contribution in [3.8, 4) is 17.2 Å². The van der Waals surface area contributed by atoms with Crippen LogP contribution in [0.5, 0.6) is 17.2 Å². The van der Waals surface area contributed by atoms with E-state index >= 15 is 0 Å². The summed E-state index contributed by atoms with van der Waals surface area (Å²) in [6.07, 6.45) is 0. The van der Waals surface area contributed by atoms with E-state index < -0.39 is 6.04 Å². The molecular weight excluding hydrogens is 402 g/mol. The summed E-state index contributed by atoms with van der Waals surface area (Å²) in [5.74, 6) is 1.53. The minimum atomic E-state index is -0.460. The Balaban J connectivity index is 1.97. The van der Waals surface area contributed by atoms with Gasteiger partial charge in [0.05, 0.1) is 38.1 Å². The minimum Gasteiger partial charge on any atom is -0.493 e. The SMILES string of the molecule is CCOc1ccccc1NC(=O)C1=C(C)NC(=S)NC1c1ccc(OC)c(OC)c1. The second-order valence-electron chi connectivity index (χ2n) is 6.57. The van der Waals surface area contributed by atoms with Crippen molar-refractivity contribution in [2.24, 2.45) is 0 Å². The summed E-state index contributed by atoms with van der Waals surface area (Å²) in [7, 11) is 3.15. The highest BCUT2D eigenvalue weighted by Crippen LogP contribution is 2.35. The Morgan fingerprint density at radius 1 is 1.10 bits per heavy atom. The molecule has 0 aliphatic carbocycles. The van der Waals surface area contributed by atoms with Crippen LogP contribution in [0.1, 0.15) is 25.5 Å². The molecule has 0 saturated heterocycles. The number of anilines is 1. The first kappa shape index (κ1) is 21.4. The number of hydrogen-bond donors (Lipinski definition) is 3. The number of hydrogen-bond acceptors (Lipinski definition) is 5. The van der Waals surface area contributed by atoms with Gasteiger partial charge in [-0.05, 0) is 55.9 Å². The van der Waals surface area contributed by atoms with Crippen molar-refractivity contribution >= 4 is 28.9 Å². The number of carbonyl (C=O) groups excluding carboxylic acids is 1. The summed E-state index contributed by atoms with van der Waals surface area (Å²) in [4.78, 5) is 13.3. The van der Waals surface area contributed by atoms with Gasteiger partial charge in [0, 0.05) is 5.70 Å². The van der Waals surface area contributed by atoms with Crippen LogP contribution < -0.4 is 30.2 Å². The third kappa shape index (κ3) is 4.49. The molecule has 3 rings (SSSR count). The van der Waals surface area contributed by atoms with Gasteiger partial charge in [-0.3, -0.25) is 4.79 Å². The molecule has 158 valence electrons. The molecule has 0 fully saturated rings. The number of carbonyl (C=O) groups is 1. The van der Waals surface area contributed by atoms with Crippen molar-refractivity contribution in [2.75, 3.05) is 26.1 Å². The lowest BCUT2D eigenvalue weighted by Crippen LogP contribution is -2.45. The molecule has 2 aromatic carbocycles. The van der Waals surface area contributed by atoms with Gasteiger partial charge < -0.3 is 30.2 Å². The van der Waals surface area contributed by atoms with Crippen molar-refractivity contribution in [1.82, 2.24) is 10.6 Å². The summed E-state index contributed by atoms with van der Waals surface area (Å²) in [5.41, 5.74) is 2.61. The zero-order valence-electron chi connectivity index (χ0n) is 17.4. The summed E-state index contributed by atoms with van der Waals surface area (Å²) >= 11 is 5.33. The lowest BCUT2D eigenvalue weighted by atomic mass is 9.94. The van der Waals surface area contributed by atoms with Gasteiger partial charge in [0.1, 0.15) is 5.75 Å². The Kier molecular flexibility index (Phi) is 6.79. The number of benzene rings is 2. The highest BCUT2D eigenvalue weighted by Gasteiger charge is 2.31. The quantitative estimate of drug-likeness (QED) is 0.583. The van der Waals surface area contributed by atoms with Gasteiger partial charge in [-0.25, -0.2) is 0 Å².